The molecule has 3 aromatic rings. The number of thioether (sulfide) groups is 1. The lowest BCUT2D eigenvalue weighted by Gasteiger charge is -2.07. The number of nitrogens with one attached hydrogen (secondary N) is 2. The van der Waals surface area contributed by atoms with Gasteiger partial charge in [-0.05, 0) is 54.4 Å². The van der Waals surface area contributed by atoms with Gasteiger partial charge in [0.1, 0.15) is 10.8 Å². The number of hydrogen-bond acceptors (Lipinski definition) is 7. The van der Waals surface area contributed by atoms with Crippen LogP contribution in [0.2, 0.25) is 0 Å². The first-order valence-electron chi connectivity index (χ1n) is 9.11. The van der Waals surface area contributed by atoms with E-state index in [0.29, 0.717) is 17.4 Å². The summed E-state index contributed by atoms with van der Waals surface area (Å²) in [6.45, 7) is 2.85. The van der Waals surface area contributed by atoms with Crippen LogP contribution in [0.4, 0.5) is 11.5 Å². The number of fused-ring (bicyclic) bond motifs is 1. The standard InChI is InChI=1S/C21H20N4O3S/c1-14-3-2-4-16(9-14)23-20(26)12-29-21-8-7-19(24-25-21)22-11-15-5-6-17-18(10-15)28-13-27-17/h2-10H,11-13H2,1H3,(H,22,24)(H,23,26). The lowest BCUT2D eigenvalue weighted by molar-refractivity contribution is -0.113. The molecule has 1 aromatic heterocycles. The number of rotatable bonds is 7. The summed E-state index contributed by atoms with van der Waals surface area (Å²) in [5, 5.41) is 15.1. The van der Waals surface area contributed by atoms with Crippen molar-refractivity contribution in [2.75, 3.05) is 23.2 Å². The number of aryl methyl sites for hydroxylation is 1. The van der Waals surface area contributed by atoms with E-state index in [2.05, 4.69) is 20.8 Å². The highest BCUT2D eigenvalue weighted by molar-refractivity contribution is 7.99. The van der Waals surface area contributed by atoms with Crippen molar-refractivity contribution in [3.63, 3.8) is 0 Å². The first kappa shape index (κ1) is 19.1. The van der Waals surface area contributed by atoms with Gasteiger partial charge >= 0.3 is 0 Å². The molecule has 2 heterocycles. The third-order valence-electron chi connectivity index (χ3n) is 4.20. The maximum atomic E-state index is 12.1. The fourth-order valence-corrected chi connectivity index (χ4v) is 3.41. The van der Waals surface area contributed by atoms with Crippen LogP contribution in [0.1, 0.15) is 11.1 Å². The molecule has 29 heavy (non-hydrogen) atoms. The highest BCUT2D eigenvalue weighted by atomic mass is 32.2. The van der Waals surface area contributed by atoms with Gasteiger partial charge in [-0.15, -0.1) is 10.2 Å². The largest absolute Gasteiger partial charge is 0.454 e. The van der Waals surface area contributed by atoms with Gasteiger partial charge in [-0.1, -0.05) is 30.0 Å². The third kappa shape index (κ3) is 5.17. The molecule has 1 aliphatic heterocycles. The van der Waals surface area contributed by atoms with E-state index in [1.165, 1.54) is 11.8 Å². The number of hydrogen-bond donors (Lipinski definition) is 2. The maximum absolute atomic E-state index is 12.1. The molecule has 148 valence electrons. The van der Waals surface area contributed by atoms with E-state index >= 15 is 0 Å². The van der Waals surface area contributed by atoms with Crippen LogP contribution in [0.5, 0.6) is 11.5 Å². The Hall–Kier alpha value is -3.26. The molecular weight excluding hydrogens is 388 g/mol. The van der Waals surface area contributed by atoms with E-state index < -0.39 is 0 Å². The SMILES string of the molecule is Cc1cccc(NC(=O)CSc2ccc(NCc3ccc4c(c3)OCO4)nn2)c1. The lowest BCUT2D eigenvalue weighted by Crippen LogP contribution is -2.14. The molecule has 0 fully saturated rings. The minimum absolute atomic E-state index is 0.0765. The molecule has 1 aliphatic rings. The van der Waals surface area contributed by atoms with E-state index in [4.69, 9.17) is 9.47 Å². The number of amides is 1. The highest BCUT2D eigenvalue weighted by Crippen LogP contribution is 2.32. The van der Waals surface area contributed by atoms with Crippen molar-refractivity contribution in [1.29, 1.82) is 0 Å². The Kier molecular flexibility index (Phi) is 5.81. The smallest absolute Gasteiger partial charge is 0.234 e. The molecule has 1 amide bonds. The average Bonchev–Trinajstić information content (AvgIpc) is 3.19. The number of ether oxygens (including phenoxy) is 2. The van der Waals surface area contributed by atoms with Gasteiger partial charge in [0.25, 0.3) is 0 Å². The van der Waals surface area contributed by atoms with Crippen molar-refractivity contribution in [2.45, 2.75) is 18.5 Å². The molecule has 0 bridgehead atoms. The molecule has 2 N–H and O–H groups in total. The van der Waals surface area contributed by atoms with Gasteiger partial charge in [0.05, 0.1) is 5.75 Å². The van der Waals surface area contributed by atoms with Crippen LogP contribution in [-0.4, -0.2) is 28.7 Å². The third-order valence-corrected chi connectivity index (χ3v) is 5.12. The summed E-state index contributed by atoms with van der Waals surface area (Å²) < 4.78 is 10.7. The van der Waals surface area contributed by atoms with Crippen LogP contribution in [-0.2, 0) is 11.3 Å². The van der Waals surface area contributed by atoms with E-state index in [-0.39, 0.29) is 18.5 Å². The van der Waals surface area contributed by atoms with Crippen molar-refractivity contribution >= 4 is 29.2 Å². The zero-order chi connectivity index (χ0) is 20.1. The fourth-order valence-electron chi connectivity index (χ4n) is 2.79. The van der Waals surface area contributed by atoms with Crippen molar-refractivity contribution in [1.82, 2.24) is 10.2 Å². The number of carbonyl (C=O) groups excluding carboxylic acids is 1. The summed E-state index contributed by atoms with van der Waals surface area (Å²) in [5.74, 6) is 2.38. The maximum Gasteiger partial charge on any atom is 0.234 e. The summed E-state index contributed by atoms with van der Waals surface area (Å²) in [6, 6.07) is 17.2. The van der Waals surface area contributed by atoms with E-state index in [1.807, 2.05) is 61.5 Å². The van der Waals surface area contributed by atoms with Crippen molar-refractivity contribution in [3.05, 3.63) is 65.7 Å². The second kappa shape index (κ2) is 8.83. The van der Waals surface area contributed by atoms with E-state index in [1.54, 1.807) is 0 Å². The van der Waals surface area contributed by atoms with Gasteiger partial charge in [0.15, 0.2) is 11.5 Å². The van der Waals surface area contributed by atoms with Crippen LogP contribution in [0.3, 0.4) is 0 Å². The summed E-state index contributed by atoms with van der Waals surface area (Å²) in [4.78, 5) is 12.1. The molecule has 0 atom stereocenters. The van der Waals surface area contributed by atoms with Crippen LogP contribution in [0.25, 0.3) is 0 Å². The molecule has 2 aromatic carbocycles. The van der Waals surface area contributed by atoms with Gasteiger partial charge in [0, 0.05) is 12.2 Å². The minimum atomic E-state index is -0.0765. The summed E-state index contributed by atoms with van der Waals surface area (Å²) in [5.41, 5.74) is 2.96. The summed E-state index contributed by atoms with van der Waals surface area (Å²) in [6.07, 6.45) is 0. The van der Waals surface area contributed by atoms with E-state index in [0.717, 1.165) is 28.3 Å². The lowest BCUT2D eigenvalue weighted by atomic mass is 10.2. The molecule has 0 saturated heterocycles. The predicted molar refractivity (Wildman–Crippen MR) is 112 cm³/mol. The Morgan fingerprint density at radius 1 is 1.07 bits per heavy atom. The Bertz CT molecular complexity index is 1010. The molecule has 8 heteroatoms. The van der Waals surface area contributed by atoms with Crippen LogP contribution in [0, 0.1) is 6.92 Å². The van der Waals surface area contributed by atoms with E-state index in [9.17, 15) is 4.79 Å². The minimum Gasteiger partial charge on any atom is -0.454 e. The number of benzene rings is 2. The molecule has 0 saturated carbocycles. The highest BCUT2D eigenvalue weighted by Gasteiger charge is 2.13. The second-order valence-corrected chi connectivity index (χ2v) is 7.50. The number of aromatic nitrogens is 2. The van der Waals surface area contributed by atoms with Crippen LogP contribution >= 0.6 is 11.8 Å². The van der Waals surface area contributed by atoms with Crippen molar-refractivity contribution in [2.24, 2.45) is 0 Å². The summed E-state index contributed by atoms with van der Waals surface area (Å²) in [7, 11) is 0. The Morgan fingerprint density at radius 3 is 2.79 bits per heavy atom. The fraction of sp³-hybridized carbons (Fsp3) is 0.190. The second-order valence-electron chi connectivity index (χ2n) is 6.50. The van der Waals surface area contributed by atoms with Crippen LogP contribution in [0.15, 0.2) is 59.6 Å². The molecule has 4 rings (SSSR count). The zero-order valence-corrected chi connectivity index (χ0v) is 16.7. The van der Waals surface area contributed by atoms with Crippen LogP contribution < -0.4 is 20.1 Å². The summed E-state index contributed by atoms with van der Waals surface area (Å²) >= 11 is 1.34. The quantitative estimate of drug-likeness (QED) is 0.574. The molecule has 7 nitrogen and oxygen atoms in total. The monoisotopic (exact) mass is 408 g/mol. The molecule has 0 unspecified atom stereocenters. The first-order valence-corrected chi connectivity index (χ1v) is 10.1. The predicted octanol–water partition coefficient (Wildman–Crippen LogP) is 3.86. The Balaban J connectivity index is 1.25. The molecule has 0 spiro atoms. The number of anilines is 2. The molecule has 0 aliphatic carbocycles. The van der Waals surface area contributed by atoms with Crippen molar-refractivity contribution < 1.29 is 14.3 Å². The Labute approximate surface area is 172 Å². The zero-order valence-electron chi connectivity index (χ0n) is 15.8. The van der Waals surface area contributed by atoms with Gasteiger partial charge in [-0.3, -0.25) is 4.79 Å². The van der Waals surface area contributed by atoms with Gasteiger partial charge in [-0.2, -0.15) is 0 Å². The van der Waals surface area contributed by atoms with Gasteiger partial charge < -0.3 is 20.1 Å². The van der Waals surface area contributed by atoms with Gasteiger partial charge in [-0.25, -0.2) is 0 Å². The Morgan fingerprint density at radius 2 is 1.97 bits per heavy atom. The first-order chi connectivity index (χ1) is 14.2. The number of nitrogens with zero attached hydrogens (tertiary/aromatic N) is 2. The molecular formula is C21H20N4O3S. The normalized spacial score (nSPS) is 11.9. The molecule has 0 radical (unpaired) electrons. The average molecular weight is 408 g/mol. The van der Waals surface area contributed by atoms with Crippen molar-refractivity contribution in [3.8, 4) is 11.5 Å². The topological polar surface area (TPSA) is 85.4 Å². The van der Waals surface area contributed by atoms with Gasteiger partial charge in [0.2, 0.25) is 12.7 Å². The number of carbonyl (C=O) groups is 1.